The summed E-state index contributed by atoms with van der Waals surface area (Å²) in [6.07, 6.45) is 1.53. The highest BCUT2D eigenvalue weighted by Crippen LogP contribution is 2.23. The molecule has 0 aromatic carbocycles. The fourth-order valence-corrected chi connectivity index (χ4v) is 2.76. The Morgan fingerprint density at radius 1 is 1.40 bits per heavy atom. The van der Waals surface area contributed by atoms with Crippen molar-refractivity contribution in [1.82, 2.24) is 9.29 Å². The topological polar surface area (TPSA) is 76.6 Å². The Labute approximate surface area is 118 Å². The van der Waals surface area contributed by atoms with Crippen LogP contribution in [-0.2, 0) is 16.6 Å². The summed E-state index contributed by atoms with van der Waals surface area (Å²) in [5, 5.41) is -0.468. The fraction of sp³-hybridized carbons (Fsp3) is 0.462. The summed E-state index contributed by atoms with van der Waals surface area (Å²) < 4.78 is 36.1. The van der Waals surface area contributed by atoms with Gasteiger partial charge in [-0.25, -0.2) is 13.4 Å². The molecule has 7 heteroatoms. The van der Waals surface area contributed by atoms with Gasteiger partial charge in [-0.2, -0.15) is 4.31 Å². The van der Waals surface area contributed by atoms with E-state index in [4.69, 9.17) is 8.83 Å². The molecule has 0 aliphatic heterocycles. The van der Waals surface area contributed by atoms with Crippen LogP contribution in [-0.4, -0.2) is 30.0 Å². The first-order valence-corrected chi connectivity index (χ1v) is 7.78. The highest BCUT2D eigenvalue weighted by molar-refractivity contribution is 7.89. The number of rotatable bonds is 5. The zero-order valence-corrected chi connectivity index (χ0v) is 12.8. The van der Waals surface area contributed by atoms with Gasteiger partial charge in [0, 0.05) is 7.05 Å². The second-order valence-corrected chi connectivity index (χ2v) is 7.45. The van der Waals surface area contributed by atoms with E-state index in [1.54, 1.807) is 32.9 Å². The van der Waals surface area contributed by atoms with Gasteiger partial charge in [0.25, 0.3) is 5.89 Å². The van der Waals surface area contributed by atoms with Gasteiger partial charge in [-0.3, -0.25) is 0 Å². The summed E-state index contributed by atoms with van der Waals surface area (Å²) in [7, 11) is -1.77. The molecule has 0 saturated heterocycles. The van der Waals surface area contributed by atoms with Gasteiger partial charge in [0.15, 0.2) is 5.76 Å². The lowest BCUT2D eigenvalue weighted by molar-refractivity contribution is 0.451. The first kappa shape index (κ1) is 14.8. The molecule has 0 spiro atoms. The monoisotopic (exact) mass is 298 g/mol. The van der Waals surface area contributed by atoms with Gasteiger partial charge in [0.05, 0.1) is 23.8 Å². The largest absolute Gasteiger partial charge is 0.459 e. The maximum absolute atomic E-state index is 12.0. The van der Waals surface area contributed by atoms with Crippen LogP contribution >= 0.6 is 0 Å². The van der Waals surface area contributed by atoms with E-state index < -0.39 is 15.3 Å². The highest BCUT2D eigenvalue weighted by atomic mass is 32.2. The van der Waals surface area contributed by atoms with Gasteiger partial charge >= 0.3 is 0 Å². The summed E-state index contributed by atoms with van der Waals surface area (Å²) in [6, 6.07) is 3.48. The van der Waals surface area contributed by atoms with Crippen LogP contribution in [0.5, 0.6) is 0 Å². The molecule has 0 aliphatic rings. The maximum atomic E-state index is 12.0. The Bertz CT molecular complexity index is 671. The minimum Gasteiger partial charge on any atom is -0.459 e. The molecule has 0 unspecified atom stereocenters. The minimum absolute atomic E-state index is 0.177. The molecule has 0 saturated carbocycles. The molecule has 0 fully saturated rings. The molecule has 2 aromatic rings. The predicted molar refractivity (Wildman–Crippen MR) is 74.5 cm³/mol. The van der Waals surface area contributed by atoms with Crippen molar-refractivity contribution in [3.8, 4) is 11.7 Å². The third kappa shape index (κ3) is 2.78. The van der Waals surface area contributed by atoms with Crippen LogP contribution in [0.15, 0.2) is 27.2 Å². The molecule has 0 amide bonds. The van der Waals surface area contributed by atoms with E-state index in [1.807, 2.05) is 0 Å². The van der Waals surface area contributed by atoms with Crippen LogP contribution < -0.4 is 0 Å². The van der Waals surface area contributed by atoms with E-state index in [2.05, 4.69) is 4.98 Å². The minimum atomic E-state index is -3.31. The third-order valence-electron chi connectivity index (χ3n) is 3.03. The van der Waals surface area contributed by atoms with Crippen molar-refractivity contribution in [3.63, 3.8) is 0 Å². The Morgan fingerprint density at radius 2 is 2.10 bits per heavy atom. The van der Waals surface area contributed by atoms with E-state index in [1.165, 1.54) is 17.6 Å². The molecular weight excluding hydrogens is 280 g/mol. The summed E-state index contributed by atoms with van der Waals surface area (Å²) in [5.74, 6) is 1.47. The van der Waals surface area contributed by atoms with Crippen molar-refractivity contribution >= 4 is 10.0 Å². The number of aromatic nitrogens is 1. The van der Waals surface area contributed by atoms with Gasteiger partial charge < -0.3 is 8.83 Å². The van der Waals surface area contributed by atoms with Gasteiger partial charge in [0.2, 0.25) is 10.0 Å². The molecule has 0 aliphatic carbocycles. The second-order valence-electron chi connectivity index (χ2n) is 4.85. The molecule has 2 rings (SSSR count). The molecule has 0 atom stereocenters. The standard InChI is InChI=1S/C13H18N2O4S/c1-9(2)20(16,17)15(4)8-11-10(3)19-13(14-11)12-6-5-7-18-12/h5-7,9H,8H2,1-4H3. The zero-order valence-electron chi connectivity index (χ0n) is 12.0. The molecule has 6 nitrogen and oxygen atoms in total. The molecule has 0 radical (unpaired) electrons. The molecule has 20 heavy (non-hydrogen) atoms. The van der Waals surface area contributed by atoms with Crippen LogP contribution in [0, 0.1) is 6.92 Å². The Hall–Kier alpha value is -1.60. The van der Waals surface area contributed by atoms with E-state index in [9.17, 15) is 8.42 Å². The van der Waals surface area contributed by atoms with E-state index in [-0.39, 0.29) is 6.54 Å². The van der Waals surface area contributed by atoms with Gasteiger partial charge in [-0.15, -0.1) is 0 Å². The zero-order chi connectivity index (χ0) is 14.9. The summed E-state index contributed by atoms with van der Waals surface area (Å²) >= 11 is 0. The number of furan rings is 1. The average Bonchev–Trinajstić information content (AvgIpc) is 2.99. The summed E-state index contributed by atoms with van der Waals surface area (Å²) in [6.45, 7) is 5.23. The van der Waals surface area contributed by atoms with Crippen LogP contribution in [0.3, 0.4) is 0 Å². The molecule has 2 aromatic heterocycles. The maximum Gasteiger partial charge on any atom is 0.263 e. The number of hydrogen-bond donors (Lipinski definition) is 0. The molecule has 110 valence electrons. The third-order valence-corrected chi connectivity index (χ3v) is 5.22. The highest BCUT2D eigenvalue weighted by Gasteiger charge is 2.24. The van der Waals surface area contributed by atoms with E-state index >= 15 is 0 Å². The van der Waals surface area contributed by atoms with Crippen LogP contribution in [0.1, 0.15) is 25.3 Å². The average molecular weight is 298 g/mol. The smallest absolute Gasteiger partial charge is 0.263 e. The van der Waals surface area contributed by atoms with Crippen molar-refractivity contribution in [2.24, 2.45) is 0 Å². The van der Waals surface area contributed by atoms with Crippen molar-refractivity contribution < 1.29 is 17.3 Å². The van der Waals surface area contributed by atoms with E-state index in [0.29, 0.717) is 23.1 Å². The predicted octanol–water partition coefficient (Wildman–Crippen LogP) is 2.41. The number of oxazole rings is 1. The summed E-state index contributed by atoms with van der Waals surface area (Å²) in [5.41, 5.74) is 0.586. The van der Waals surface area contributed by atoms with Crippen molar-refractivity contribution in [3.05, 3.63) is 29.9 Å². The number of aryl methyl sites for hydroxylation is 1. The fourth-order valence-electron chi connectivity index (χ4n) is 1.74. The number of hydrogen-bond acceptors (Lipinski definition) is 5. The van der Waals surface area contributed by atoms with Crippen molar-refractivity contribution in [1.29, 1.82) is 0 Å². The Balaban J connectivity index is 2.23. The first-order chi connectivity index (χ1) is 9.32. The Kier molecular flexibility index (Phi) is 4.01. The number of sulfonamides is 1. The van der Waals surface area contributed by atoms with Gasteiger partial charge in [-0.1, -0.05) is 0 Å². The molecule has 0 N–H and O–H groups in total. The Morgan fingerprint density at radius 3 is 2.65 bits per heavy atom. The molecule has 0 bridgehead atoms. The SMILES string of the molecule is Cc1oc(-c2ccco2)nc1CN(C)S(=O)(=O)C(C)C. The lowest BCUT2D eigenvalue weighted by Gasteiger charge is -2.18. The first-order valence-electron chi connectivity index (χ1n) is 6.27. The lowest BCUT2D eigenvalue weighted by atomic mass is 10.4. The normalized spacial score (nSPS) is 12.5. The lowest BCUT2D eigenvalue weighted by Crippen LogP contribution is -2.32. The second kappa shape index (κ2) is 5.41. The summed E-state index contributed by atoms with van der Waals surface area (Å²) in [4.78, 5) is 4.30. The quantitative estimate of drug-likeness (QED) is 0.847. The molecular formula is C13H18N2O4S. The van der Waals surface area contributed by atoms with Crippen LogP contribution in [0.4, 0.5) is 0 Å². The van der Waals surface area contributed by atoms with Crippen molar-refractivity contribution in [2.75, 3.05) is 7.05 Å². The van der Waals surface area contributed by atoms with Crippen LogP contribution in [0.2, 0.25) is 0 Å². The van der Waals surface area contributed by atoms with E-state index in [0.717, 1.165) is 0 Å². The van der Waals surface area contributed by atoms with Crippen LogP contribution in [0.25, 0.3) is 11.7 Å². The number of nitrogens with zero attached hydrogens (tertiary/aromatic N) is 2. The molecule has 2 heterocycles. The van der Waals surface area contributed by atoms with Gasteiger partial charge in [-0.05, 0) is 32.9 Å². The van der Waals surface area contributed by atoms with Gasteiger partial charge in [0.1, 0.15) is 5.76 Å². The van der Waals surface area contributed by atoms with Crippen molar-refractivity contribution in [2.45, 2.75) is 32.6 Å².